The Labute approximate surface area is 528 Å². The van der Waals surface area contributed by atoms with Crippen molar-refractivity contribution in [3.05, 3.63) is 34.3 Å². The van der Waals surface area contributed by atoms with E-state index in [1.54, 1.807) is 27.7 Å². The Hall–Kier alpha value is -6.53. The minimum Gasteiger partial charge on any atom is -0.343 e. The van der Waals surface area contributed by atoms with Gasteiger partial charge in [0.1, 0.15) is 41.8 Å². The number of fused-ring (bicyclic) bond motifs is 1. The first-order chi connectivity index (χ1) is 41.5. The minimum atomic E-state index is -4.74. The molecule has 0 bridgehead atoms. The predicted molar refractivity (Wildman–Crippen MR) is 328 cm³/mol. The molecule has 2 saturated carbocycles. The van der Waals surface area contributed by atoms with Gasteiger partial charge in [0.25, 0.3) is 0 Å². The fraction of sp³-hybridized carbons (Fsp3) is 0.730. The summed E-state index contributed by atoms with van der Waals surface area (Å²) in [5.41, 5.74) is -2.20. The SMILES string of the molecule is CC[C@H](C)C1NC(=O)[C@H](CC(C)C)N(C)C(=O)CC(C)N(C)C(=O)[C@H](C(C)C)N(C)C(=O)C2(CC2)NC(=O)[C@@H]2CCCN2C(=O)C(CCc2ccc(C(F)(F)F)c(Cl)c2)NC(=O)CN(C)C(=O)C(CC2CCCCC2)N(C)C(=O)CN(C)C(=O)CN(C)C1=O. The lowest BCUT2D eigenvalue weighted by atomic mass is 9.84. The molecule has 1 aromatic rings. The van der Waals surface area contributed by atoms with Crippen LogP contribution in [-0.4, -0.2) is 228 Å². The van der Waals surface area contributed by atoms with Crippen molar-refractivity contribution in [1.29, 1.82) is 0 Å². The van der Waals surface area contributed by atoms with E-state index in [2.05, 4.69) is 16.0 Å². The van der Waals surface area contributed by atoms with Gasteiger partial charge in [-0.05, 0) is 99.7 Å². The summed E-state index contributed by atoms with van der Waals surface area (Å²) in [6, 6.07) is -4.50. The highest BCUT2D eigenvalue weighted by Crippen LogP contribution is 2.40. The van der Waals surface area contributed by atoms with E-state index in [1.165, 1.54) is 79.9 Å². The zero-order valence-electron chi connectivity index (χ0n) is 54.6. The van der Waals surface area contributed by atoms with Crippen LogP contribution in [0, 0.1) is 23.7 Å². The maximum atomic E-state index is 14.9. The number of hydrogen-bond donors (Lipinski definition) is 3. The van der Waals surface area contributed by atoms with Crippen molar-refractivity contribution in [2.45, 2.75) is 199 Å². The molecule has 22 nitrogen and oxygen atoms in total. The molecule has 2 aliphatic heterocycles. The minimum absolute atomic E-state index is 0.0347. The van der Waals surface area contributed by atoms with E-state index in [4.69, 9.17) is 11.6 Å². The third kappa shape index (κ3) is 18.8. The number of carbonyl (C=O) groups is 11. The largest absolute Gasteiger partial charge is 0.417 e. The normalized spacial score (nSPS) is 26.3. The maximum Gasteiger partial charge on any atom is 0.417 e. The van der Waals surface area contributed by atoms with Gasteiger partial charge in [0.15, 0.2) is 0 Å². The molecule has 2 saturated heterocycles. The third-order valence-electron chi connectivity index (χ3n) is 18.5. The number of alkyl halides is 3. The van der Waals surface area contributed by atoms with Gasteiger partial charge >= 0.3 is 6.18 Å². The first kappa shape index (κ1) is 73.2. The number of amides is 11. The quantitative estimate of drug-likeness (QED) is 0.289. The second kappa shape index (κ2) is 31.5. The molecule has 3 N–H and O–H groups in total. The summed E-state index contributed by atoms with van der Waals surface area (Å²) in [7, 11) is 10.1. The van der Waals surface area contributed by atoms with Gasteiger partial charge in [0, 0.05) is 68.3 Å². The number of likely N-dealkylation sites (N-methyl/N-ethyl adjacent to an activating group) is 7. The Kier molecular flexibility index (Phi) is 25.9. The highest BCUT2D eigenvalue weighted by atomic mass is 35.5. The van der Waals surface area contributed by atoms with Crippen LogP contribution >= 0.6 is 11.6 Å². The zero-order chi connectivity index (χ0) is 66.7. The summed E-state index contributed by atoms with van der Waals surface area (Å²) in [5.74, 6) is -7.72. The van der Waals surface area contributed by atoms with Crippen molar-refractivity contribution in [1.82, 2.24) is 55.1 Å². The molecule has 8 atom stereocenters. The molecule has 4 fully saturated rings. The number of halogens is 4. The lowest BCUT2D eigenvalue weighted by molar-refractivity contribution is -0.150. The number of rotatable bonds is 10. The van der Waals surface area contributed by atoms with Gasteiger partial charge in [-0.3, -0.25) is 52.7 Å². The molecule has 1 spiro atoms. The van der Waals surface area contributed by atoms with E-state index in [1.807, 2.05) is 20.8 Å². The van der Waals surface area contributed by atoms with Crippen molar-refractivity contribution in [3.8, 4) is 0 Å². The Morgan fingerprint density at radius 2 is 1.27 bits per heavy atom. The zero-order valence-corrected chi connectivity index (χ0v) is 55.4. The van der Waals surface area contributed by atoms with E-state index in [0.717, 1.165) is 58.9 Å². The van der Waals surface area contributed by atoms with E-state index < -0.39 is 161 Å². The molecule has 26 heteroatoms. The molecule has 5 rings (SSSR count). The maximum absolute atomic E-state index is 14.9. The summed E-state index contributed by atoms with van der Waals surface area (Å²) in [5, 5.41) is 7.94. The molecule has 498 valence electrons. The molecule has 4 unspecified atom stereocenters. The molecule has 1 aromatic carbocycles. The molecular formula is C63H97ClF3N11O11. The van der Waals surface area contributed by atoms with Crippen LogP contribution < -0.4 is 16.0 Å². The van der Waals surface area contributed by atoms with E-state index in [9.17, 15) is 65.9 Å². The van der Waals surface area contributed by atoms with Crippen molar-refractivity contribution < 1.29 is 65.9 Å². The number of carbonyl (C=O) groups excluding carboxylic acids is 11. The van der Waals surface area contributed by atoms with Gasteiger partial charge < -0.3 is 55.1 Å². The Morgan fingerprint density at radius 3 is 1.84 bits per heavy atom. The van der Waals surface area contributed by atoms with Gasteiger partial charge in [-0.15, -0.1) is 0 Å². The highest BCUT2D eigenvalue weighted by molar-refractivity contribution is 6.31. The highest BCUT2D eigenvalue weighted by Gasteiger charge is 2.56. The average molecular weight is 1280 g/mol. The van der Waals surface area contributed by atoms with E-state index in [0.29, 0.717) is 18.4 Å². The average Bonchev–Trinajstić information content (AvgIpc) is 1.79. The van der Waals surface area contributed by atoms with Crippen LogP contribution in [0.4, 0.5) is 13.2 Å². The van der Waals surface area contributed by atoms with Gasteiger partial charge in [0.2, 0.25) is 65.0 Å². The molecule has 0 aromatic heterocycles. The Bertz CT molecular complexity index is 2760. The van der Waals surface area contributed by atoms with Crippen LogP contribution in [0.2, 0.25) is 5.02 Å². The smallest absolute Gasteiger partial charge is 0.343 e. The fourth-order valence-corrected chi connectivity index (χ4v) is 12.6. The van der Waals surface area contributed by atoms with E-state index in [-0.39, 0.29) is 69.7 Å². The molecule has 2 heterocycles. The molecule has 2 aliphatic carbocycles. The first-order valence-electron chi connectivity index (χ1n) is 31.4. The molecule has 11 amide bonds. The second-order valence-electron chi connectivity index (χ2n) is 26.3. The number of nitrogens with one attached hydrogen (secondary N) is 3. The van der Waals surface area contributed by atoms with Crippen LogP contribution in [0.5, 0.6) is 0 Å². The monoisotopic (exact) mass is 1280 g/mol. The van der Waals surface area contributed by atoms with Crippen LogP contribution in [0.3, 0.4) is 0 Å². The number of nitrogens with zero attached hydrogens (tertiary/aromatic N) is 8. The van der Waals surface area contributed by atoms with Gasteiger partial charge in [0.05, 0.1) is 30.2 Å². The summed E-state index contributed by atoms with van der Waals surface area (Å²) in [6.45, 7) is 11.0. The first-order valence-corrected chi connectivity index (χ1v) is 31.8. The predicted octanol–water partition coefficient (Wildman–Crippen LogP) is 4.73. The van der Waals surface area contributed by atoms with Crippen LogP contribution in [0.15, 0.2) is 18.2 Å². The topological polar surface area (TPSA) is 250 Å². The van der Waals surface area contributed by atoms with Crippen LogP contribution in [0.1, 0.15) is 149 Å². The number of aryl methyl sites for hydroxylation is 1. The van der Waals surface area contributed by atoms with Gasteiger partial charge in [-0.2, -0.15) is 13.2 Å². The Morgan fingerprint density at radius 1 is 0.663 bits per heavy atom. The van der Waals surface area contributed by atoms with Crippen LogP contribution in [0.25, 0.3) is 0 Å². The van der Waals surface area contributed by atoms with E-state index >= 15 is 0 Å². The molecule has 0 radical (unpaired) electrons. The van der Waals surface area contributed by atoms with Crippen molar-refractivity contribution in [3.63, 3.8) is 0 Å². The summed E-state index contributed by atoms with van der Waals surface area (Å²) in [6.07, 6.45) is 1.00. The van der Waals surface area contributed by atoms with Crippen molar-refractivity contribution in [2.75, 3.05) is 75.5 Å². The molecular weight excluding hydrogens is 1180 g/mol. The lowest BCUT2D eigenvalue weighted by Crippen LogP contribution is -2.60. The number of hydrogen-bond acceptors (Lipinski definition) is 11. The fourth-order valence-electron chi connectivity index (χ4n) is 12.3. The number of benzene rings is 1. The molecule has 89 heavy (non-hydrogen) atoms. The standard InChI is InChI=1S/C63H97ClF3N11O11/c1-15-39(6)53-59(87)73(10)35-51(81)71(8)36-52(82)76(13)48(33-41-20-17-16-18-21-41)58(86)72(9)34-49(79)68-45(26-24-42-23-25-43(44(64)32-42)63(65,66)67)57(85)78-29-19-22-46(78)56(84)70-62(27-28-62)61(89)77(14)54(38(4)5)60(88)74(11)40(7)31-50(80)75(12)47(30-37(2)3)55(83)69-53/h23,25,32,37-41,45-48,53-54H,15-22,24,26-31,33-36H2,1-14H3,(H,68,79)(H,69,83)(H,70,84)/t39-,40?,45?,46-,47-,48?,53?,54-/m0/s1. The third-order valence-corrected chi connectivity index (χ3v) is 18.8. The Balaban J connectivity index is 1.53. The van der Waals surface area contributed by atoms with Gasteiger partial charge in [-0.1, -0.05) is 97.7 Å². The van der Waals surface area contributed by atoms with Crippen molar-refractivity contribution >= 4 is 76.6 Å². The summed E-state index contributed by atoms with van der Waals surface area (Å²) >= 11 is 6.09. The second-order valence-corrected chi connectivity index (χ2v) is 26.7. The summed E-state index contributed by atoms with van der Waals surface area (Å²) in [4.78, 5) is 169. The summed E-state index contributed by atoms with van der Waals surface area (Å²) < 4.78 is 41.2. The van der Waals surface area contributed by atoms with Crippen LogP contribution in [-0.2, 0) is 65.3 Å². The van der Waals surface area contributed by atoms with Crippen molar-refractivity contribution in [2.24, 2.45) is 23.7 Å². The molecule has 4 aliphatic rings. The van der Waals surface area contributed by atoms with Gasteiger partial charge in [-0.25, -0.2) is 0 Å². The lowest BCUT2D eigenvalue weighted by Gasteiger charge is -2.38.